The standard InChI is InChI=1S/C18H20ClN5O2/c19-15-4-2-14(3-5-15)12-16(25)22-13-17(26)23-8-10-24(11-9-23)18-20-6-1-7-21-18/h1-7H,8-13H2,(H,22,25). The number of aromatic nitrogens is 2. The number of nitrogens with one attached hydrogen (secondary N) is 1. The van der Waals surface area contributed by atoms with Crippen molar-refractivity contribution in [2.75, 3.05) is 37.6 Å². The Morgan fingerprint density at radius 1 is 1.04 bits per heavy atom. The molecule has 0 radical (unpaired) electrons. The van der Waals surface area contributed by atoms with Gasteiger partial charge in [-0.15, -0.1) is 0 Å². The van der Waals surface area contributed by atoms with E-state index in [1.807, 2.05) is 4.90 Å². The molecule has 1 saturated heterocycles. The highest BCUT2D eigenvalue weighted by Crippen LogP contribution is 2.11. The number of carbonyl (C=O) groups is 2. The second kappa shape index (κ2) is 8.62. The van der Waals surface area contributed by atoms with Crippen LogP contribution >= 0.6 is 11.6 Å². The van der Waals surface area contributed by atoms with E-state index in [1.54, 1.807) is 47.6 Å². The fourth-order valence-corrected chi connectivity index (χ4v) is 2.87. The van der Waals surface area contributed by atoms with E-state index in [0.29, 0.717) is 37.1 Å². The summed E-state index contributed by atoms with van der Waals surface area (Å²) in [6.45, 7) is 2.53. The third-order valence-corrected chi connectivity index (χ3v) is 4.43. The number of nitrogens with zero attached hydrogens (tertiary/aromatic N) is 4. The molecule has 3 rings (SSSR count). The zero-order valence-electron chi connectivity index (χ0n) is 14.3. The number of anilines is 1. The number of amides is 2. The van der Waals surface area contributed by atoms with Crippen molar-refractivity contribution in [1.29, 1.82) is 0 Å². The second-order valence-corrected chi connectivity index (χ2v) is 6.43. The molecular weight excluding hydrogens is 354 g/mol. The lowest BCUT2D eigenvalue weighted by atomic mass is 10.1. The molecule has 0 atom stereocenters. The Hall–Kier alpha value is -2.67. The molecule has 2 heterocycles. The van der Waals surface area contributed by atoms with Gasteiger partial charge in [0.25, 0.3) is 0 Å². The maximum absolute atomic E-state index is 12.3. The van der Waals surface area contributed by atoms with Crippen molar-refractivity contribution in [3.63, 3.8) is 0 Å². The first-order chi connectivity index (χ1) is 12.6. The molecule has 136 valence electrons. The Bertz CT molecular complexity index is 746. The average molecular weight is 374 g/mol. The summed E-state index contributed by atoms with van der Waals surface area (Å²) in [6.07, 6.45) is 3.63. The number of hydrogen-bond donors (Lipinski definition) is 1. The minimum atomic E-state index is -0.183. The Kier molecular flexibility index (Phi) is 6.01. The molecule has 1 aliphatic heterocycles. The third-order valence-electron chi connectivity index (χ3n) is 4.18. The van der Waals surface area contributed by atoms with E-state index in [9.17, 15) is 9.59 Å². The minimum Gasteiger partial charge on any atom is -0.347 e. The van der Waals surface area contributed by atoms with Crippen molar-refractivity contribution in [3.8, 4) is 0 Å². The Labute approximate surface area is 157 Å². The number of halogens is 1. The van der Waals surface area contributed by atoms with Crippen LogP contribution in [0.5, 0.6) is 0 Å². The van der Waals surface area contributed by atoms with Gasteiger partial charge >= 0.3 is 0 Å². The molecule has 26 heavy (non-hydrogen) atoms. The molecule has 0 aliphatic carbocycles. The zero-order valence-corrected chi connectivity index (χ0v) is 15.0. The van der Waals surface area contributed by atoms with Crippen molar-refractivity contribution in [1.82, 2.24) is 20.2 Å². The van der Waals surface area contributed by atoms with Crippen molar-refractivity contribution < 1.29 is 9.59 Å². The van der Waals surface area contributed by atoms with Crippen molar-refractivity contribution in [3.05, 3.63) is 53.3 Å². The topological polar surface area (TPSA) is 78.4 Å². The summed E-state index contributed by atoms with van der Waals surface area (Å²) in [5.41, 5.74) is 0.857. The van der Waals surface area contributed by atoms with Crippen molar-refractivity contribution in [2.45, 2.75) is 6.42 Å². The lowest BCUT2D eigenvalue weighted by molar-refractivity contribution is -0.133. The van der Waals surface area contributed by atoms with Crippen LogP contribution in [0.3, 0.4) is 0 Å². The van der Waals surface area contributed by atoms with Gasteiger partial charge in [-0.1, -0.05) is 23.7 Å². The summed E-state index contributed by atoms with van der Waals surface area (Å²) in [5.74, 6) is 0.413. The van der Waals surface area contributed by atoms with Crippen LogP contribution < -0.4 is 10.2 Å². The normalized spacial score (nSPS) is 14.2. The molecule has 7 nitrogen and oxygen atoms in total. The molecule has 1 N–H and O–H groups in total. The van der Waals surface area contributed by atoms with Crippen LogP contribution in [0, 0.1) is 0 Å². The summed E-state index contributed by atoms with van der Waals surface area (Å²) >= 11 is 5.82. The first kappa shape index (κ1) is 18.1. The molecule has 0 saturated carbocycles. The maximum Gasteiger partial charge on any atom is 0.242 e. The summed E-state index contributed by atoms with van der Waals surface area (Å²) in [6, 6.07) is 8.86. The van der Waals surface area contributed by atoms with Gasteiger partial charge in [0.2, 0.25) is 17.8 Å². The van der Waals surface area contributed by atoms with E-state index in [1.165, 1.54) is 0 Å². The monoisotopic (exact) mass is 373 g/mol. The van der Waals surface area contributed by atoms with Crippen LogP contribution in [0.15, 0.2) is 42.7 Å². The van der Waals surface area contributed by atoms with Gasteiger partial charge in [-0.25, -0.2) is 9.97 Å². The number of benzene rings is 1. The van der Waals surface area contributed by atoms with E-state index < -0.39 is 0 Å². The Morgan fingerprint density at radius 2 is 1.69 bits per heavy atom. The average Bonchev–Trinajstić information content (AvgIpc) is 2.69. The fraction of sp³-hybridized carbons (Fsp3) is 0.333. The molecule has 2 aromatic rings. The molecule has 2 amide bonds. The van der Waals surface area contributed by atoms with Gasteiger partial charge in [0.05, 0.1) is 13.0 Å². The highest BCUT2D eigenvalue weighted by atomic mass is 35.5. The van der Waals surface area contributed by atoms with Crippen LogP contribution in [-0.4, -0.2) is 59.4 Å². The van der Waals surface area contributed by atoms with E-state index in [4.69, 9.17) is 11.6 Å². The quantitative estimate of drug-likeness (QED) is 0.850. The third kappa shape index (κ3) is 4.92. The van der Waals surface area contributed by atoms with Gasteiger partial charge in [0.15, 0.2) is 0 Å². The molecule has 1 aromatic heterocycles. The van der Waals surface area contributed by atoms with Gasteiger partial charge < -0.3 is 15.1 Å². The van der Waals surface area contributed by atoms with E-state index in [-0.39, 0.29) is 24.8 Å². The van der Waals surface area contributed by atoms with Crippen molar-refractivity contribution in [2.24, 2.45) is 0 Å². The SMILES string of the molecule is O=C(Cc1ccc(Cl)cc1)NCC(=O)N1CCN(c2ncccn2)CC1. The second-order valence-electron chi connectivity index (χ2n) is 6.00. The highest BCUT2D eigenvalue weighted by molar-refractivity contribution is 6.30. The Balaban J connectivity index is 1.41. The molecule has 0 bridgehead atoms. The van der Waals surface area contributed by atoms with Crippen LogP contribution in [0.25, 0.3) is 0 Å². The molecular formula is C18H20ClN5O2. The minimum absolute atomic E-state index is 0.00819. The predicted octanol–water partition coefficient (Wildman–Crippen LogP) is 1.14. The molecule has 1 aromatic carbocycles. The molecule has 0 unspecified atom stereocenters. The van der Waals surface area contributed by atoms with Crippen molar-refractivity contribution >= 4 is 29.4 Å². The van der Waals surface area contributed by atoms with Gasteiger partial charge in [-0.05, 0) is 23.8 Å². The van der Waals surface area contributed by atoms with E-state index >= 15 is 0 Å². The smallest absolute Gasteiger partial charge is 0.242 e. The van der Waals surface area contributed by atoms with Crippen LogP contribution in [0.1, 0.15) is 5.56 Å². The first-order valence-corrected chi connectivity index (χ1v) is 8.80. The van der Waals surface area contributed by atoms with Crippen LogP contribution in [-0.2, 0) is 16.0 Å². The maximum atomic E-state index is 12.3. The number of hydrogen-bond acceptors (Lipinski definition) is 5. The van der Waals surface area contributed by atoms with E-state index in [0.717, 1.165) is 5.56 Å². The number of piperazine rings is 1. The Morgan fingerprint density at radius 3 is 2.35 bits per heavy atom. The lowest BCUT2D eigenvalue weighted by Gasteiger charge is -2.34. The molecule has 8 heteroatoms. The van der Waals surface area contributed by atoms with Crippen LogP contribution in [0.2, 0.25) is 5.02 Å². The lowest BCUT2D eigenvalue weighted by Crippen LogP contribution is -2.51. The largest absolute Gasteiger partial charge is 0.347 e. The zero-order chi connectivity index (χ0) is 18.4. The number of carbonyl (C=O) groups excluding carboxylic acids is 2. The molecule has 0 spiro atoms. The van der Waals surface area contributed by atoms with Gasteiger partial charge in [-0.2, -0.15) is 0 Å². The van der Waals surface area contributed by atoms with Gasteiger partial charge in [0.1, 0.15) is 0 Å². The summed E-state index contributed by atoms with van der Waals surface area (Å²) in [4.78, 5) is 36.5. The van der Waals surface area contributed by atoms with Gasteiger partial charge in [-0.3, -0.25) is 9.59 Å². The summed E-state index contributed by atoms with van der Waals surface area (Å²) < 4.78 is 0. The first-order valence-electron chi connectivity index (χ1n) is 8.43. The van der Waals surface area contributed by atoms with Gasteiger partial charge in [0, 0.05) is 43.6 Å². The number of rotatable bonds is 5. The van der Waals surface area contributed by atoms with E-state index in [2.05, 4.69) is 15.3 Å². The highest BCUT2D eigenvalue weighted by Gasteiger charge is 2.22. The summed E-state index contributed by atoms with van der Waals surface area (Å²) in [5, 5.41) is 3.31. The fourth-order valence-electron chi connectivity index (χ4n) is 2.75. The molecule has 1 aliphatic rings. The van der Waals surface area contributed by atoms with Crippen LogP contribution in [0.4, 0.5) is 5.95 Å². The molecule has 1 fully saturated rings. The predicted molar refractivity (Wildman–Crippen MR) is 99.0 cm³/mol. The summed E-state index contributed by atoms with van der Waals surface area (Å²) in [7, 11) is 0.